The minimum absolute atomic E-state index is 0.0425. The van der Waals surface area contributed by atoms with Gasteiger partial charge in [-0.05, 0) is 23.3 Å². The number of carbonyl (C=O) groups is 1. The highest BCUT2D eigenvalue weighted by atomic mass is 35.5. The normalized spacial score (nSPS) is 17.9. The fraction of sp³-hybridized carbons (Fsp3) is 0.188. The van der Waals surface area contributed by atoms with Gasteiger partial charge in [-0.3, -0.25) is 4.79 Å². The number of rotatable bonds is 1. The molecule has 0 heterocycles. The van der Waals surface area contributed by atoms with Gasteiger partial charge in [-0.1, -0.05) is 41.9 Å². The molecule has 0 spiro atoms. The van der Waals surface area contributed by atoms with Gasteiger partial charge >= 0.3 is 6.18 Å². The summed E-state index contributed by atoms with van der Waals surface area (Å²) in [6, 6.07) is 10.9. The van der Waals surface area contributed by atoms with Crippen LogP contribution in [0.25, 0.3) is 0 Å². The first-order valence-corrected chi connectivity index (χ1v) is 6.74. The number of fused-ring (bicyclic) bond motifs is 1. The van der Waals surface area contributed by atoms with Crippen LogP contribution in [0.3, 0.4) is 0 Å². The Morgan fingerprint density at radius 1 is 1.10 bits per heavy atom. The lowest BCUT2D eigenvalue weighted by Crippen LogP contribution is -2.08. The van der Waals surface area contributed by atoms with Crippen molar-refractivity contribution in [1.82, 2.24) is 0 Å². The smallest absolute Gasteiger partial charge is 0.294 e. The average Bonchev–Trinajstić information content (AvgIpc) is 2.76. The van der Waals surface area contributed by atoms with E-state index in [-0.39, 0.29) is 23.1 Å². The number of benzene rings is 2. The summed E-state index contributed by atoms with van der Waals surface area (Å²) in [6.07, 6.45) is -4.31. The van der Waals surface area contributed by atoms with Gasteiger partial charge in [0.05, 0.1) is 10.6 Å². The van der Waals surface area contributed by atoms with Crippen molar-refractivity contribution in [3.8, 4) is 0 Å². The number of alkyl halides is 3. The van der Waals surface area contributed by atoms with E-state index in [1.54, 1.807) is 30.3 Å². The summed E-state index contributed by atoms with van der Waals surface area (Å²) in [5.74, 6) is -0.383. The summed E-state index contributed by atoms with van der Waals surface area (Å²) in [5.41, 5.74) is 0.965. The predicted octanol–water partition coefficient (Wildman–Crippen LogP) is 5.08. The predicted molar refractivity (Wildman–Crippen MR) is 73.7 cm³/mol. The lowest BCUT2D eigenvalue weighted by atomic mass is 9.92. The number of halogens is 4. The Bertz CT molecular complexity index is 722. The number of carbonyl (C=O) groups excluding carboxylic acids is 1. The highest BCUT2D eigenvalue weighted by Crippen LogP contribution is 2.41. The Kier molecular flexibility index (Phi) is 3.29. The van der Waals surface area contributed by atoms with Gasteiger partial charge in [0.15, 0.2) is 5.78 Å². The van der Waals surface area contributed by atoms with Gasteiger partial charge in [0.1, 0.15) is 0 Å². The highest BCUT2D eigenvalue weighted by Gasteiger charge is 2.36. The van der Waals surface area contributed by atoms with Gasteiger partial charge < -0.3 is 0 Å². The first-order chi connectivity index (χ1) is 9.88. The summed E-state index contributed by atoms with van der Waals surface area (Å²) in [5, 5.41) is -0.330. The molecule has 1 aliphatic carbocycles. The lowest BCUT2D eigenvalue weighted by Gasteiger charge is -2.15. The van der Waals surface area contributed by atoms with Crippen LogP contribution in [-0.2, 0) is 6.18 Å². The lowest BCUT2D eigenvalue weighted by molar-refractivity contribution is -0.137. The maximum absolute atomic E-state index is 12.9. The minimum Gasteiger partial charge on any atom is -0.294 e. The van der Waals surface area contributed by atoms with E-state index in [1.807, 2.05) is 0 Å². The summed E-state index contributed by atoms with van der Waals surface area (Å²) in [6.45, 7) is 0. The quantitative estimate of drug-likeness (QED) is 0.718. The van der Waals surface area contributed by atoms with Crippen LogP contribution in [0.4, 0.5) is 13.2 Å². The van der Waals surface area contributed by atoms with Crippen LogP contribution < -0.4 is 0 Å². The maximum atomic E-state index is 12.9. The van der Waals surface area contributed by atoms with Crippen molar-refractivity contribution in [2.45, 2.75) is 18.5 Å². The molecule has 0 N–H and O–H groups in total. The van der Waals surface area contributed by atoms with E-state index in [9.17, 15) is 18.0 Å². The van der Waals surface area contributed by atoms with Crippen LogP contribution in [0, 0.1) is 0 Å². The van der Waals surface area contributed by atoms with Crippen LogP contribution in [0.15, 0.2) is 42.5 Å². The van der Waals surface area contributed by atoms with Gasteiger partial charge in [-0.15, -0.1) is 0 Å². The van der Waals surface area contributed by atoms with Crippen molar-refractivity contribution in [1.29, 1.82) is 0 Å². The van der Waals surface area contributed by atoms with E-state index in [0.29, 0.717) is 11.1 Å². The number of Topliss-reactive ketones (excluding diaryl/α,β-unsaturated/α-hetero) is 1. The molecule has 0 saturated heterocycles. The van der Waals surface area contributed by atoms with E-state index < -0.39 is 11.7 Å². The van der Waals surface area contributed by atoms with Crippen molar-refractivity contribution >= 4 is 17.4 Å². The molecule has 1 nitrogen and oxygen atoms in total. The van der Waals surface area contributed by atoms with Gasteiger partial charge in [-0.2, -0.15) is 13.2 Å². The zero-order chi connectivity index (χ0) is 15.2. The SMILES string of the molecule is O=C1C[C@H](c2ccc(Cl)c(C(F)(F)F)c2)c2ccccc21. The Hall–Kier alpha value is -1.81. The zero-order valence-electron chi connectivity index (χ0n) is 10.7. The Morgan fingerprint density at radius 2 is 1.81 bits per heavy atom. The molecule has 0 unspecified atom stereocenters. The molecule has 0 saturated carbocycles. The summed E-state index contributed by atoms with van der Waals surface area (Å²) >= 11 is 5.63. The minimum atomic E-state index is -4.50. The first-order valence-electron chi connectivity index (χ1n) is 6.36. The molecule has 0 aromatic heterocycles. The second-order valence-corrected chi connectivity index (χ2v) is 5.41. The molecule has 0 radical (unpaired) electrons. The summed E-state index contributed by atoms with van der Waals surface area (Å²) in [4.78, 5) is 11.9. The van der Waals surface area contributed by atoms with Gasteiger partial charge in [0, 0.05) is 17.9 Å². The van der Waals surface area contributed by atoms with Crippen molar-refractivity contribution < 1.29 is 18.0 Å². The molecule has 0 bridgehead atoms. The van der Waals surface area contributed by atoms with Gasteiger partial charge in [0.2, 0.25) is 0 Å². The van der Waals surface area contributed by atoms with E-state index in [2.05, 4.69) is 0 Å². The number of ketones is 1. The van der Waals surface area contributed by atoms with Gasteiger partial charge in [-0.25, -0.2) is 0 Å². The van der Waals surface area contributed by atoms with Crippen LogP contribution in [0.5, 0.6) is 0 Å². The zero-order valence-corrected chi connectivity index (χ0v) is 11.5. The highest BCUT2D eigenvalue weighted by molar-refractivity contribution is 6.31. The fourth-order valence-corrected chi connectivity index (χ4v) is 2.96. The van der Waals surface area contributed by atoms with E-state index in [0.717, 1.165) is 11.6 Å². The molecule has 2 aromatic carbocycles. The van der Waals surface area contributed by atoms with Crippen molar-refractivity contribution in [2.75, 3.05) is 0 Å². The number of hydrogen-bond donors (Lipinski definition) is 0. The fourth-order valence-electron chi connectivity index (χ4n) is 2.73. The second kappa shape index (κ2) is 4.88. The third-order valence-electron chi connectivity index (χ3n) is 3.72. The standard InChI is InChI=1S/C16H10ClF3O/c17-14-6-5-9(7-13(14)16(18,19)20)12-8-15(21)11-4-2-1-3-10(11)12/h1-7,12H,8H2/t12-/m1/s1. The van der Waals surface area contributed by atoms with Crippen molar-refractivity contribution in [3.05, 3.63) is 69.7 Å². The van der Waals surface area contributed by atoms with E-state index >= 15 is 0 Å². The van der Waals surface area contributed by atoms with Crippen LogP contribution in [0.1, 0.15) is 39.4 Å². The molecule has 0 aliphatic heterocycles. The van der Waals surface area contributed by atoms with E-state index in [4.69, 9.17) is 11.6 Å². The summed E-state index contributed by atoms with van der Waals surface area (Å²) in [7, 11) is 0. The topological polar surface area (TPSA) is 17.1 Å². The monoisotopic (exact) mass is 310 g/mol. The molecule has 2 aromatic rings. The Labute approximate surface area is 124 Å². The molecule has 1 aliphatic rings. The molecular weight excluding hydrogens is 301 g/mol. The van der Waals surface area contributed by atoms with Gasteiger partial charge in [0.25, 0.3) is 0 Å². The molecule has 1 atom stereocenters. The third-order valence-corrected chi connectivity index (χ3v) is 4.05. The second-order valence-electron chi connectivity index (χ2n) is 5.00. The third kappa shape index (κ3) is 2.44. The molecule has 3 rings (SSSR count). The molecule has 0 amide bonds. The molecular formula is C16H10ClF3O. The van der Waals surface area contributed by atoms with Crippen LogP contribution >= 0.6 is 11.6 Å². The van der Waals surface area contributed by atoms with E-state index in [1.165, 1.54) is 6.07 Å². The molecule has 21 heavy (non-hydrogen) atoms. The average molecular weight is 311 g/mol. The molecule has 0 fully saturated rings. The maximum Gasteiger partial charge on any atom is 0.417 e. The van der Waals surface area contributed by atoms with Crippen molar-refractivity contribution in [2.24, 2.45) is 0 Å². The molecule has 5 heteroatoms. The van der Waals surface area contributed by atoms with Crippen LogP contribution in [-0.4, -0.2) is 5.78 Å². The van der Waals surface area contributed by atoms with Crippen LogP contribution in [0.2, 0.25) is 5.02 Å². The largest absolute Gasteiger partial charge is 0.417 e. The summed E-state index contributed by atoms with van der Waals surface area (Å²) < 4.78 is 38.8. The van der Waals surface area contributed by atoms with Crippen molar-refractivity contribution in [3.63, 3.8) is 0 Å². The molecule has 108 valence electrons. The Morgan fingerprint density at radius 3 is 2.52 bits per heavy atom. The first kappa shape index (κ1) is 14.1. The number of hydrogen-bond acceptors (Lipinski definition) is 1. The Balaban J connectivity index is 2.09.